The first-order valence-corrected chi connectivity index (χ1v) is 8.27. The van der Waals surface area contributed by atoms with Crippen molar-refractivity contribution < 1.29 is 0 Å². The van der Waals surface area contributed by atoms with Crippen LogP contribution in [-0.2, 0) is 0 Å². The lowest BCUT2D eigenvalue weighted by Gasteiger charge is -2.40. The van der Waals surface area contributed by atoms with Crippen LogP contribution in [0.3, 0.4) is 0 Å². The summed E-state index contributed by atoms with van der Waals surface area (Å²) in [4.78, 5) is 4.97. The lowest BCUT2D eigenvalue weighted by molar-refractivity contribution is 0.104. The molecule has 1 saturated heterocycles. The van der Waals surface area contributed by atoms with Crippen LogP contribution in [0.4, 0.5) is 0 Å². The molecule has 1 aliphatic heterocycles. The summed E-state index contributed by atoms with van der Waals surface area (Å²) in [5.74, 6) is 0.575. The molecular formula is C18H31N3. The van der Waals surface area contributed by atoms with Crippen molar-refractivity contribution in [2.24, 2.45) is 5.73 Å². The highest BCUT2D eigenvalue weighted by atomic mass is 15.2. The summed E-state index contributed by atoms with van der Waals surface area (Å²) in [7, 11) is 4.39. The molecule has 1 aromatic carbocycles. The van der Waals surface area contributed by atoms with Crippen LogP contribution in [0.15, 0.2) is 30.3 Å². The third kappa shape index (κ3) is 4.53. The third-order valence-electron chi connectivity index (χ3n) is 5.01. The average Bonchev–Trinajstić information content (AvgIpc) is 2.53. The molecule has 2 unspecified atom stereocenters. The van der Waals surface area contributed by atoms with E-state index in [2.05, 4.69) is 61.2 Å². The van der Waals surface area contributed by atoms with Crippen molar-refractivity contribution >= 4 is 0 Å². The number of hydrogen-bond donors (Lipinski definition) is 1. The Kier molecular flexibility index (Phi) is 6.22. The van der Waals surface area contributed by atoms with E-state index in [1.165, 1.54) is 31.5 Å². The van der Waals surface area contributed by atoms with Crippen molar-refractivity contribution in [1.82, 2.24) is 9.80 Å². The van der Waals surface area contributed by atoms with Crippen LogP contribution in [0.25, 0.3) is 0 Å². The van der Waals surface area contributed by atoms with E-state index in [0.717, 1.165) is 19.0 Å². The minimum atomic E-state index is 0.517. The predicted molar refractivity (Wildman–Crippen MR) is 90.6 cm³/mol. The number of nitrogens with zero attached hydrogens (tertiary/aromatic N) is 2. The molecule has 0 bridgehead atoms. The Morgan fingerprint density at radius 2 is 1.81 bits per heavy atom. The van der Waals surface area contributed by atoms with Gasteiger partial charge in [0.15, 0.2) is 0 Å². The third-order valence-corrected chi connectivity index (χ3v) is 5.01. The molecule has 2 rings (SSSR count). The fraction of sp³-hybridized carbons (Fsp3) is 0.667. The number of piperidine rings is 1. The molecular weight excluding hydrogens is 258 g/mol. The van der Waals surface area contributed by atoms with Crippen LogP contribution < -0.4 is 5.73 Å². The zero-order chi connectivity index (χ0) is 15.2. The molecule has 1 heterocycles. The minimum absolute atomic E-state index is 0.517. The molecule has 0 saturated carbocycles. The lowest BCUT2D eigenvalue weighted by Crippen LogP contribution is -2.49. The monoisotopic (exact) mass is 289 g/mol. The van der Waals surface area contributed by atoms with E-state index in [1.807, 2.05) is 0 Å². The summed E-state index contributed by atoms with van der Waals surface area (Å²) in [6.07, 6.45) is 3.69. The molecule has 2 atom stereocenters. The standard InChI is InChI=1S/C18H31N3/c1-15(16-7-5-4-6-8-16)13-18(14-19)21-11-9-17(10-12-21)20(2)3/h4-8,15,17-18H,9-14,19H2,1-3H3. The number of benzene rings is 1. The molecule has 3 heteroatoms. The minimum Gasteiger partial charge on any atom is -0.329 e. The highest BCUT2D eigenvalue weighted by Crippen LogP contribution is 2.24. The molecule has 0 radical (unpaired) electrons. The van der Waals surface area contributed by atoms with Gasteiger partial charge in [-0.05, 0) is 57.9 Å². The van der Waals surface area contributed by atoms with Crippen molar-refractivity contribution in [2.75, 3.05) is 33.7 Å². The fourth-order valence-electron chi connectivity index (χ4n) is 3.49. The van der Waals surface area contributed by atoms with Crippen LogP contribution in [0.1, 0.15) is 37.7 Å². The maximum absolute atomic E-state index is 6.07. The largest absolute Gasteiger partial charge is 0.329 e. The first kappa shape index (κ1) is 16.5. The van der Waals surface area contributed by atoms with Gasteiger partial charge in [0.2, 0.25) is 0 Å². The van der Waals surface area contributed by atoms with E-state index in [0.29, 0.717) is 12.0 Å². The number of nitrogens with two attached hydrogens (primary N) is 1. The van der Waals surface area contributed by atoms with Crippen LogP contribution in [-0.4, -0.2) is 55.6 Å². The van der Waals surface area contributed by atoms with Crippen LogP contribution in [0.2, 0.25) is 0 Å². The summed E-state index contributed by atoms with van der Waals surface area (Å²) >= 11 is 0. The molecule has 0 aliphatic carbocycles. The van der Waals surface area contributed by atoms with Crippen molar-refractivity contribution in [3.8, 4) is 0 Å². The van der Waals surface area contributed by atoms with Gasteiger partial charge in [-0.3, -0.25) is 4.90 Å². The van der Waals surface area contributed by atoms with E-state index in [-0.39, 0.29) is 0 Å². The van der Waals surface area contributed by atoms with Gasteiger partial charge in [-0.2, -0.15) is 0 Å². The zero-order valence-electron chi connectivity index (χ0n) is 13.8. The Labute approximate surface area is 130 Å². The van der Waals surface area contributed by atoms with Gasteiger partial charge in [0.1, 0.15) is 0 Å². The predicted octanol–water partition coefficient (Wildman–Crippen LogP) is 2.53. The molecule has 2 N–H and O–H groups in total. The van der Waals surface area contributed by atoms with Crippen LogP contribution in [0, 0.1) is 0 Å². The average molecular weight is 289 g/mol. The molecule has 0 amide bonds. The summed E-state index contributed by atoms with van der Waals surface area (Å²) in [5, 5.41) is 0. The second kappa shape index (κ2) is 7.92. The number of likely N-dealkylation sites (tertiary alicyclic amines) is 1. The van der Waals surface area contributed by atoms with Gasteiger partial charge in [0.25, 0.3) is 0 Å². The normalized spacial score (nSPS) is 20.6. The van der Waals surface area contributed by atoms with Gasteiger partial charge in [-0.25, -0.2) is 0 Å². The Bertz CT molecular complexity index is 396. The topological polar surface area (TPSA) is 32.5 Å². The summed E-state index contributed by atoms with van der Waals surface area (Å²) in [6, 6.07) is 12.1. The fourth-order valence-corrected chi connectivity index (χ4v) is 3.49. The molecule has 118 valence electrons. The molecule has 1 fully saturated rings. The van der Waals surface area contributed by atoms with Gasteiger partial charge >= 0.3 is 0 Å². The molecule has 3 nitrogen and oxygen atoms in total. The quantitative estimate of drug-likeness (QED) is 0.873. The van der Waals surface area contributed by atoms with Crippen molar-refractivity contribution in [2.45, 2.75) is 44.2 Å². The zero-order valence-corrected chi connectivity index (χ0v) is 13.8. The van der Waals surface area contributed by atoms with Gasteiger partial charge in [0.05, 0.1) is 0 Å². The van der Waals surface area contributed by atoms with E-state index < -0.39 is 0 Å². The SMILES string of the molecule is CC(CC(CN)N1CCC(N(C)C)CC1)c1ccccc1. The highest BCUT2D eigenvalue weighted by molar-refractivity contribution is 5.19. The Balaban J connectivity index is 1.89. The van der Waals surface area contributed by atoms with Gasteiger partial charge in [0, 0.05) is 18.6 Å². The first-order chi connectivity index (χ1) is 10.1. The van der Waals surface area contributed by atoms with Gasteiger partial charge in [-0.1, -0.05) is 37.3 Å². The Morgan fingerprint density at radius 1 is 1.19 bits per heavy atom. The summed E-state index contributed by atoms with van der Waals surface area (Å²) in [6.45, 7) is 5.47. The maximum Gasteiger partial charge on any atom is 0.0224 e. The first-order valence-electron chi connectivity index (χ1n) is 8.27. The Morgan fingerprint density at radius 3 is 2.33 bits per heavy atom. The maximum atomic E-state index is 6.07. The lowest BCUT2D eigenvalue weighted by atomic mass is 9.92. The molecule has 21 heavy (non-hydrogen) atoms. The van der Waals surface area contributed by atoms with Crippen LogP contribution >= 0.6 is 0 Å². The van der Waals surface area contributed by atoms with Gasteiger partial charge in [-0.15, -0.1) is 0 Å². The van der Waals surface area contributed by atoms with Crippen molar-refractivity contribution in [1.29, 1.82) is 0 Å². The van der Waals surface area contributed by atoms with Crippen molar-refractivity contribution in [3.05, 3.63) is 35.9 Å². The van der Waals surface area contributed by atoms with Crippen LogP contribution in [0.5, 0.6) is 0 Å². The smallest absolute Gasteiger partial charge is 0.0224 e. The second-order valence-corrected chi connectivity index (χ2v) is 6.67. The van der Waals surface area contributed by atoms with E-state index in [9.17, 15) is 0 Å². The summed E-state index contributed by atoms with van der Waals surface area (Å²) in [5.41, 5.74) is 7.50. The van der Waals surface area contributed by atoms with E-state index in [1.54, 1.807) is 0 Å². The highest BCUT2D eigenvalue weighted by Gasteiger charge is 2.26. The summed E-state index contributed by atoms with van der Waals surface area (Å²) < 4.78 is 0. The molecule has 1 aliphatic rings. The molecule has 0 spiro atoms. The second-order valence-electron chi connectivity index (χ2n) is 6.67. The van der Waals surface area contributed by atoms with Gasteiger partial charge < -0.3 is 10.6 Å². The Hall–Kier alpha value is -0.900. The number of hydrogen-bond acceptors (Lipinski definition) is 3. The van der Waals surface area contributed by atoms with E-state index in [4.69, 9.17) is 5.73 Å². The van der Waals surface area contributed by atoms with E-state index >= 15 is 0 Å². The molecule has 0 aromatic heterocycles. The number of rotatable bonds is 6. The van der Waals surface area contributed by atoms with Crippen molar-refractivity contribution in [3.63, 3.8) is 0 Å². The molecule has 1 aromatic rings.